The SMILES string of the molecule is CCc1cc(C(F)(F)F)n2nc(C3CCCN3C(=O)CC(C)n3nc(C)cc3C)cc2n1. The number of halogens is 3. The summed E-state index contributed by atoms with van der Waals surface area (Å²) in [5, 5.41) is 8.71. The number of carbonyl (C=O) groups is 1. The summed E-state index contributed by atoms with van der Waals surface area (Å²) in [6.07, 6.45) is -2.46. The Morgan fingerprint density at radius 3 is 2.59 bits per heavy atom. The molecule has 0 saturated carbocycles. The first-order valence-corrected chi connectivity index (χ1v) is 10.9. The van der Waals surface area contributed by atoms with E-state index in [-0.39, 0.29) is 30.1 Å². The van der Waals surface area contributed by atoms with Gasteiger partial charge in [-0.05, 0) is 52.2 Å². The molecule has 3 aromatic heterocycles. The summed E-state index contributed by atoms with van der Waals surface area (Å²) in [5.74, 6) is -0.0529. The normalized spacial score (nSPS) is 18.0. The quantitative estimate of drug-likeness (QED) is 0.579. The highest BCUT2D eigenvalue weighted by Gasteiger charge is 2.37. The summed E-state index contributed by atoms with van der Waals surface area (Å²) >= 11 is 0. The molecule has 3 aromatic rings. The van der Waals surface area contributed by atoms with Crippen LogP contribution in [0.1, 0.15) is 73.7 Å². The fourth-order valence-electron chi connectivity index (χ4n) is 4.51. The molecule has 1 aliphatic rings. The van der Waals surface area contributed by atoms with Gasteiger partial charge in [0, 0.05) is 30.4 Å². The third kappa shape index (κ3) is 4.10. The molecule has 0 aromatic carbocycles. The van der Waals surface area contributed by atoms with Gasteiger partial charge in [-0.25, -0.2) is 9.50 Å². The predicted molar refractivity (Wildman–Crippen MR) is 112 cm³/mol. The Morgan fingerprint density at radius 2 is 1.97 bits per heavy atom. The number of aryl methyl sites for hydroxylation is 3. The van der Waals surface area contributed by atoms with Crippen LogP contribution in [-0.2, 0) is 17.4 Å². The summed E-state index contributed by atoms with van der Waals surface area (Å²) < 4.78 is 43.5. The van der Waals surface area contributed by atoms with E-state index in [0.29, 0.717) is 30.8 Å². The minimum atomic E-state index is -4.55. The van der Waals surface area contributed by atoms with Crippen LogP contribution in [0.25, 0.3) is 5.65 Å². The van der Waals surface area contributed by atoms with E-state index in [1.165, 1.54) is 0 Å². The van der Waals surface area contributed by atoms with Gasteiger partial charge in [-0.15, -0.1) is 0 Å². The van der Waals surface area contributed by atoms with E-state index in [0.717, 1.165) is 28.4 Å². The highest BCUT2D eigenvalue weighted by molar-refractivity contribution is 5.77. The molecule has 0 spiro atoms. The lowest BCUT2D eigenvalue weighted by Gasteiger charge is -2.25. The summed E-state index contributed by atoms with van der Waals surface area (Å²) in [5.41, 5.74) is 1.99. The molecule has 1 aliphatic heterocycles. The largest absolute Gasteiger partial charge is 0.433 e. The number of aromatic nitrogens is 5. The van der Waals surface area contributed by atoms with Crippen molar-refractivity contribution < 1.29 is 18.0 Å². The third-order valence-electron chi connectivity index (χ3n) is 6.00. The Morgan fingerprint density at radius 1 is 1.22 bits per heavy atom. The number of rotatable bonds is 5. The van der Waals surface area contributed by atoms with Crippen molar-refractivity contribution in [2.45, 2.75) is 71.6 Å². The van der Waals surface area contributed by atoms with Crippen molar-refractivity contribution in [1.82, 2.24) is 29.3 Å². The molecule has 172 valence electrons. The predicted octanol–water partition coefficient (Wildman–Crippen LogP) is 4.44. The fourth-order valence-corrected chi connectivity index (χ4v) is 4.51. The molecular formula is C22H27F3N6O. The van der Waals surface area contributed by atoms with Crippen LogP contribution in [0.15, 0.2) is 18.2 Å². The van der Waals surface area contributed by atoms with E-state index in [9.17, 15) is 18.0 Å². The minimum absolute atomic E-state index is 0.0529. The first-order chi connectivity index (χ1) is 15.1. The molecule has 4 rings (SSSR count). The number of hydrogen-bond acceptors (Lipinski definition) is 4. The molecule has 32 heavy (non-hydrogen) atoms. The summed E-state index contributed by atoms with van der Waals surface area (Å²) in [4.78, 5) is 19.2. The van der Waals surface area contributed by atoms with Crippen molar-refractivity contribution in [2.24, 2.45) is 0 Å². The van der Waals surface area contributed by atoms with Crippen molar-refractivity contribution in [3.63, 3.8) is 0 Å². The number of alkyl halides is 3. The zero-order valence-electron chi connectivity index (χ0n) is 18.6. The van der Waals surface area contributed by atoms with E-state index >= 15 is 0 Å². The summed E-state index contributed by atoms with van der Waals surface area (Å²) in [6.45, 7) is 8.12. The number of carbonyl (C=O) groups excluding carboxylic acids is 1. The van der Waals surface area contributed by atoms with Crippen LogP contribution in [-0.4, -0.2) is 41.7 Å². The number of amides is 1. The fraction of sp³-hybridized carbons (Fsp3) is 0.545. The number of likely N-dealkylation sites (tertiary alicyclic amines) is 1. The van der Waals surface area contributed by atoms with Crippen molar-refractivity contribution >= 4 is 11.6 Å². The van der Waals surface area contributed by atoms with Crippen LogP contribution < -0.4 is 0 Å². The van der Waals surface area contributed by atoms with Crippen LogP contribution in [0.5, 0.6) is 0 Å². The maximum Gasteiger partial charge on any atom is 0.433 e. The van der Waals surface area contributed by atoms with Crippen LogP contribution in [0.2, 0.25) is 0 Å². The third-order valence-corrected chi connectivity index (χ3v) is 6.00. The molecule has 10 heteroatoms. The van der Waals surface area contributed by atoms with Crippen LogP contribution >= 0.6 is 0 Å². The van der Waals surface area contributed by atoms with Gasteiger partial charge in [-0.3, -0.25) is 9.48 Å². The molecule has 2 unspecified atom stereocenters. The van der Waals surface area contributed by atoms with E-state index in [4.69, 9.17) is 0 Å². The van der Waals surface area contributed by atoms with Gasteiger partial charge in [-0.2, -0.15) is 23.4 Å². The molecule has 4 heterocycles. The molecule has 1 amide bonds. The smallest absolute Gasteiger partial charge is 0.334 e. The van der Waals surface area contributed by atoms with Gasteiger partial charge in [0.05, 0.1) is 23.5 Å². The van der Waals surface area contributed by atoms with Crippen molar-refractivity contribution in [1.29, 1.82) is 0 Å². The lowest BCUT2D eigenvalue weighted by Crippen LogP contribution is -2.32. The molecule has 1 fully saturated rings. The Kier molecular flexibility index (Phi) is 5.72. The lowest BCUT2D eigenvalue weighted by molar-refractivity contribution is -0.142. The second kappa shape index (κ2) is 8.22. The standard InChI is InChI=1S/C22H27F3N6O/c1-5-16-11-19(22(23,24)25)31-20(26-16)12-17(28-31)18-7-6-8-29(18)21(32)10-15(4)30-14(3)9-13(2)27-30/h9,11-12,15,18H,5-8,10H2,1-4H3. The van der Waals surface area contributed by atoms with Crippen molar-refractivity contribution in [3.05, 3.63) is 46.7 Å². The first kappa shape index (κ1) is 22.3. The van der Waals surface area contributed by atoms with Crippen molar-refractivity contribution in [2.75, 3.05) is 6.54 Å². The van der Waals surface area contributed by atoms with E-state index in [2.05, 4.69) is 15.2 Å². The van der Waals surface area contributed by atoms with Gasteiger partial charge in [0.15, 0.2) is 5.65 Å². The maximum absolute atomic E-state index is 13.6. The highest BCUT2D eigenvalue weighted by Crippen LogP contribution is 2.35. The average Bonchev–Trinajstić information content (AvgIpc) is 3.43. The van der Waals surface area contributed by atoms with Crippen LogP contribution in [0.4, 0.5) is 13.2 Å². The molecular weight excluding hydrogens is 421 g/mol. The number of fused-ring (bicyclic) bond motifs is 1. The summed E-state index contributed by atoms with van der Waals surface area (Å²) in [6, 6.07) is 4.10. The lowest BCUT2D eigenvalue weighted by atomic mass is 10.1. The Labute approximate surface area is 184 Å². The highest BCUT2D eigenvalue weighted by atomic mass is 19.4. The number of nitrogens with zero attached hydrogens (tertiary/aromatic N) is 6. The monoisotopic (exact) mass is 448 g/mol. The van der Waals surface area contributed by atoms with Gasteiger partial charge in [0.2, 0.25) is 5.91 Å². The molecule has 1 saturated heterocycles. The minimum Gasteiger partial charge on any atom is -0.334 e. The number of hydrogen-bond donors (Lipinski definition) is 0. The zero-order valence-corrected chi connectivity index (χ0v) is 18.6. The molecule has 0 N–H and O–H groups in total. The summed E-state index contributed by atoms with van der Waals surface area (Å²) in [7, 11) is 0. The topological polar surface area (TPSA) is 68.3 Å². The average molecular weight is 448 g/mol. The molecule has 7 nitrogen and oxygen atoms in total. The van der Waals surface area contributed by atoms with Crippen LogP contribution in [0, 0.1) is 13.8 Å². The van der Waals surface area contributed by atoms with Gasteiger partial charge < -0.3 is 4.90 Å². The van der Waals surface area contributed by atoms with Crippen molar-refractivity contribution in [3.8, 4) is 0 Å². The second-order valence-electron chi connectivity index (χ2n) is 8.49. The van der Waals surface area contributed by atoms with E-state index < -0.39 is 11.9 Å². The van der Waals surface area contributed by atoms with E-state index in [1.54, 1.807) is 17.9 Å². The first-order valence-electron chi connectivity index (χ1n) is 10.9. The molecule has 0 radical (unpaired) electrons. The molecule has 0 aliphatic carbocycles. The Hall–Kier alpha value is -2.91. The van der Waals surface area contributed by atoms with E-state index in [1.807, 2.05) is 31.5 Å². The molecule has 0 bridgehead atoms. The Bertz CT molecular complexity index is 1150. The molecule has 2 atom stereocenters. The maximum atomic E-state index is 13.6. The van der Waals surface area contributed by atoms with Gasteiger partial charge in [-0.1, -0.05) is 6.92 Å². The zero-order chi connectivity index (χ0) is 23.2. The second-order valence-corrected chi connectivity index (χ2v) is 8.49. The van der Waals surface area contributed by atoms with Gasteiger partial charge >= 0.3 is 6.18 Å². The van der Waals surface area contributed by atoms with Gasteiger partial charge in [0.1, 0.15) is 5.69 Å². The Balaban J connectivity index is 1.61. The van der Waals surface area contributed by atoms with Crippen LogP contribution in [0.3, 0.4) is 0 Å². The van der Waals surface area contributed by atoms with Gasteiger partial charge in [0.25, 0.3) is 0 Å².